The molecule has 0 spiro atoms. The number of hydrogen-bond donors (Lipinski definition) is 2. The monoisotopic (exact) mass is 487 g/mol. The van der Waals surface area contributed by atoms with Gasteiger partial charge in [-0.3, -0.25) is 14.9 Å². The number of ether oxygens (including phenoxy) is 1. The molecule has 2 aromatic carbocycles. The van der Waals surface area contributed by atoms with Crippen LogP contribution in [-0.4, -0.2) is 47.5 Å². The van der Waals surface area contributed by atoms with E-state index in [2.05, 4.69) is 10.6 Å². The zero-order valence-electron chi connectivity index (χ0n) is 19.1. The van der Waals surface area contributed by atoms with Gasteiger partial charge in [0.15, 0.2) is 6.10 Å². The van der Waals surface area contributed by atoms with E-state index in [9.17, 15) is 18.8 Å². The Bertz CT molecular complexity index is 1120. The summed E-state index contributed by atoms with van der Waals surface area (Å²) in [6, 6.07) is 10.9. The van der Waals surface area contributed by atoms with Crippen molar-refractivity contribution in [3.63, 3.8) is 0 Å². The minimum Gasteiger partial charge on any atom is -0.481 e. The number of amides is 4. The Morgan fingerprint density at radius 1 is 1.24 bits per heavy atom. The third-order valence-electron chi connectivity index (χ3n) is 6.69. The van der Waals surface area contributed by atoms with Crippen molar-refractivity contribution in [2.75, 3.05) is 13.1 Å². The molecule has 2 aliphatic heterocycles. The van der Waals surface area contributed by atoms with E-state index >= 15 is 0 Å². The minimum atomic E-state index is -1.25. The number of carbonyl (C=O) groups excluding carboxylic acids is 3. The van der Waals surface area contributed by atoms with Crippen LogP contribution in [0.15, 0.2) is 42.5 Å². The number of hydrogen-bond acceptors (Lipinski definition) is 4. The SMILES string of the molecule is Cc1cc(Cl)ccc1O[C@H](C)C(=O)N1CCC([C@@]2(Cc3ccccc3F)NC(=O)NC2=O)CC1. The molecule has 0 aliphatic carbocycles. The zero-order valence-corrected chi connectivity index (χ0v) is 19.8. The lowest BCUT2D eigenvalue weighted by Gasteiger charge is -2.41. The number of urea groups is 1. The highest BCUT2D eigenvalue weighted by atomic mass is 35.5. The van der Waals surface area contributed by atoms with Crippen molar-refractivity contribution in [1.29, 1.82) is 0 Å². The number of rotatable bonds is 6. The summed E-state index contributed by atoms with van der Waals surface area (Å²) in [6.07, 6.45) is 0.324. The van der Waals surface area contributed by atoms with Crippen LogP contribution in [0.3, 0.4) is 0 Å². The number of nitrogens with one attached hydrogen (secondary N) is 2. The van der Waals surface area contributed by atoms with Crippen LogP contribution in [0.2, 0.25) is 5.02 Å². The maximum absolute atomic E-state index is 14.4. The van der Waals surface area contributed by atoms with Crippen LogP contribution in [0.1, 0.15) is 30.9 Å². The maximum Gasteiger partial charge on any atom is 0.322 e. The van der Waals surface area contributed by atoms with Crippen LogP contribution in [0, 0.1) is 18.7 Å². The highest BCUT2D eigenvalue weighted by Gasteiger charge is 2.52. The first kappa shape index (κ1) is 24.0. The molecule has 2 aliphatic rings. The predicted octanol–water partition coefficient (Wildman–Crippen LogP) is 3.61. The van der Waals surface area contributed by atoms with Gasteiger partial charge in [0.05, 0.1) is 0 Å². The molecule has 2 atom stereocenters. The van der Waals surface area contributed by atoms with Crippen molar-refractivity contribution in [3.8, 4) is 5.75 Å². The van der Waals surface area contributed by atoms with E-state index in [4.69, 9.17) is 16.3 Å². The smallest absolute Gasteiger partial charge is 0.322 e. The first-order chi connectivity index (χ1) is 16.2. The van der Waals surface area contributed by atoms with Gasteiger partial charge in [0, 0.05) is 24.5 Å². The van der Waals surface area contributed by atoms with Crippen LogP contribution in [0.25, 0.3) is 0 Å². The topological polar surface area (TPSA) is 87.7 Å². The second-order valence-electron chi connectivity index (χ2n) is 8.92. The van der Waals surface area contributed by atoms with E-state index in [1.54, 1.807) is 48.2 Å². The van der Waals surface area contributed by atoms with Gasteiger partial charge in [0.2, 0.25) is 0 Å². The first-order valence-corrected chi connectivity index (χ1v) is 11.7. The van der Waals surface area contributed by atoms with Crippen molar-refractivity contribution < 1.29 is 23.5 Å². The molecule has 0 saturated carbocycles. The predicted molar refractivity (Wildman–Crippen MR) is 125 cm³/mol. The molecule has 0 radical (unpaired) electrons. The van der Waals surface area contributed by atoms with Gasteiger partial charge in [-0.05, 0) is 68.0 Å². The lowest BCUT2D eigenvalue weighted by molar-refractivity contribution is -0.140. The van der Waals surface area contributed by atoms with Crippen molar-refractivity contribution in [3.05, 3.63) is 64.4 Å². The van der Waals surface area contributed by atoms with Gasteiger partial charge in [0.25, 0.3) is 11.8 Å². The molecule has 4 rings (SSSR count). The fourth-order valence-corrected chi connectivity index (χ4v) is 5.07. The van der Waals surface area contributed by atoms with E-state index in [0.717, 1.165) is 5.56 Å². The van der Waals surface area contributed by atoms with Gasteiger partial charge in [-0.25, -0.2) is 9.18 Å². The fraction of sp³-hybridized carbons (Fsp3) is 0.400. The number of aryl methyl sites for hydroxylation is 1. The minimum absolute atomic E-state index is 0.0468. The van der Waals surface area contributed by atoms with Crippen molar-refractivity contribution in [2.45, 2.75) is 44.8 Å². The van der Waals surface area contributed by atoms with Crippen molar-refractivity contribution in [1.82, 2.24) is 15.5 Å². The number of imide groups is 1. The van der Waals surface area contributed by atoms with Crippen LogP contribution in [-0.2, 0) is 16.0 Å². The second-order valence-corrected chi connectivity index (χ2v) is 9.35. The lowest BCUT2D eigenvalue weighted by Crippen LogP contribution is -2.58. The number of halogens is 2. The third kappa shape index (κ3) is 4.73. The van der Waals surface area contributed by atoms with E-state index in [0.29, 0.717) is 42.3 Å². The zero-order chi connectivity index (χ0) is 24.5. The summed E-state index contributed by atoms with van der Waals surface area (Å²) in [4.78, 5) is 39.6. The van der Waals surface area contributed by atoms with Gasteiger partial charge in [0.1, 0.15) is 17.1 Å². The van der Waals surface area contributed by atoms with E-state index in [1.807, 2.05) is 6.92 Å². The van der Waals surface area contributed by atoms with E-state index < -0.39 is 29.4 Å². The van der Waals surface area contributed by atoms with Crippen LogP contribution in [0.4, 0.5) is 9.18 Å². The maximum atomic E-state index is 14.4. The van der Waals surface area contributed by atoms with E-state index in [1.165, 1.54) is 6.07 Å². The molecule has 0 bridgehead atoms. The Morgan fingerprint density at radius 3 is 2.56 bits per heavy atom. The average Bonchev–Trinajstić information content (AvgIpc) is 3.10. The Kier molecular flexibility index (Phi) is 6.79. The van der Waals surface area contributed by atoms with Crippen molar-refractivity contribution >= 4 is 29.4 Å². The molecule has 0 unspecified atom stereocenters. The molecule has 180 valence electrons. The van der Waals surface area contributed by atoms with Gasteiger partial charge < -0.3 is 15.0 Å². The number of likely N-dealkylation sites (tertiary alicyclic amines) is 1. The summed E-state index contributed by atoms with van der Waals surface area (Å²) in [5.74, 6) is -0.699. The third-order valence-corrected chi connectivity index (χ3v) is 6.92. The highest BCUT2D eigenvalue weighted by molar-refractivity contribution is 6.30. The van der Waals surface area contributed by atoms with E-state index in [-0.39, 0.29) is 18.2 Å². The molecule has 2 N–H and O–H groups in total. The quantitative estimate of drug-likeness (QED) is 0.609. The second kappa shape index (κ2) is 9.62. The number of nitrogens with zero attached hydrogens (tertiary/aromatic N) is 1. The summed E-state index contributed by atoms with van der Waals surface area (Å²) in [5.41, 5.74) is -0.0561. The Balaban J connectivity index is 1.44. The number of piperidine rings is 1. The molecule has 9 heteroatoms. The number of carbonyl (C=O) groups is 3. The van der Waals surface area contributed by atoms with Crippen molar-refractivity contribution in [2.24, 2.45) is 5.92 Å². The highest BCUT2D eigenvalue weighted by Crippen LogP contribution is 2.35. The lowest BCUT2D eigenvalue weighted by atomic mass is 9.74. The summed E-state index contributed by atoms with van der Waals surface area (Å²) in [7, 11) is 0. The summed E-state index contributed by atoms with van der Waals surface area (Å²) < 4.78 is 20.2. The van der Waals surface area contributed by atoms with Gasteiger partial charge >= 0.3 is 6.03 Å². The fourth-order valence-electron chi connectivity index (χ4n) is 4.84. The molecule has 2 fully saturated rings. The average molecular weight is 488 g/mol. The molecule has 34 heavy (non-hydrogen) atoms. The summed E-state index contributed by atoms with van der Waals surface area (Å²) in [6.45, 7) is 4.37. The van der Waals surface area contributed by atoms with Gasteiger partial charge in [-0.2, -0.15) is 0 Å². The standard InChI is InChI=1S/C25H27ClFN3O4/c1-15-13-19(26)7-8-21(15)34-16(2)22(31)30-11-9-18(10-12-30)25(23(32)28-24(33)29-25)14-17-5-3-4-6-20(17)27/h3-8,13,16,18H,9-12,14H2,1-2H3,(H2,28,29,32,33)/t16-,25-/m1/s1. The van der Waals surface area contributed by atoms with Crippen LogP contribution in [0.5, 0.6) is 5.75 Å². The van der Waals surface area contributed by atoms with Crippen LogP contribution >= 0.6 is 11.6 Å². The summed E-state index contributed by atoms with van der Waals surface area (Å²) in [5, 5.41) is 5.68. The normalized spacial score (nSPS) is 21.7. The molecule has 7 nitrogen and oxygen atoms in total. The largest absolute Gasteiger partial charge is 0.481 e. The molecule has 2 saturated heterocycles. The van der Waals surface area contributed by atoms with Crippen LogP contribution < -0.4 is 15.4 Å². The molecular formula is C25H27ClFN3O4. The molecule has 2 heterocycles. The molecular weight excluding hydrogens is 461 g/mol. The number of benzene rings is 2. The first-order valence-electron chi connectivity index (χ1n) is 11.3. The molecule has 0 aromatic heterocycles. The molecule has 4 amide bonds. The molecule has 2 aromatic rings. The Morgan fingerprint density at radius 2 is 1.94 bits per heavy atom. The summed E-state index contributed by atoms with van der Waals surface area (Å²) >= 11 is 5.99. The van der Waals surface area contributed by atoms with Gasteiger partial charge in [-0.1, -0.05) is 29.8 Å². The van der Waals surface area contributed by atoms with Gasteiger partial charge in [-0.15, -0.1) is 0 Å². The Labute approximate surface area is 202 Å². The Hall–Kier alpha value is -3.13.